The first-order chi connectivity index (χ1) is 12.1. The molecule has 0 aliphatic carbocycles. The van der Waals surface area contributed by atoms with E-state index in [0.717, 1.165) is 23.3 Å². The van der Waals surface area contributed by atoms with Crippen LogP contribution in [-0.4, -0.2) is 31.8 Å². The van der Waals surface area contributed by atoms with Gasteiger partial charge in [0, 0.05) is 20.1 Å². The summed E-state index contributed by atoms with van der Waals surface area (Å²) in [6.07, 6.45) is 1.20. The van der Waals surface area contributed by atoms with Crippen LogP contribution in [0.2, 0.25) is 0 Å². The molecule has 132 valence electrons. The van der Waals surface area contributed by atoms with E-state index in [-0.39, 0.29) is 18.6 Å². The maximum absolute atomic E-state index is 11.8. The number of fused-ring (bicyclic) bond motifs is 1. The number of benzene rings is 2. The molecule has 0 aromatic heterocycles. The molecule has 2 atom stereocenters. The van der Waals surface area contributed by atoms with Crippen molar-refractivity contribution in [3.8, 4) is 16.9 Å². The minimum Gasteiger partial charge on any atom is -0.490 e. The zero-order valence-electron chi connectivity index (χ0n) is 14.6. The molecule has 3 N–H and O–H groups in total. The van der Waals surface area contributed by atoms with Crippen LogP contribution >= 0.6 is 0 Å². The lowest BCUT2D eigenvalue weighted by atomic mass is 10.00. The molecule has 0 spiro atoms. The van der Waals surface area contributed by atoms with Crippen LogP contribution < -0.4 is 15.8 Å². The average Bonchev–Trinajstić information content (AvgIpc) is 2.99. The highest BCUT2D eigenvalue weighted by Gasteiger charge is 2.19. The number of carbonyl (C=O) groups is 1. The van der Waals surface area contributed by atoms with Gasteiger partial charge >= 0.3 is 0 Å². The number of methoxy groups -OCH3 is 1. The first kappa shape index (κ1) is 17.5. The Morgan fingerprint density at radius 3 is 2.72 bits per heavy atom. The highest BCUT2D eigenvalue weighted by Crippen LogP contribution is 2.32. The summed E-state index contributed by atoms with van der Waals surface area (Å²) in [5.74, 6) is 0.779. The Labute approximate surface area is 148 Å². The number of hydrogen-bond acceptors (Lipinski definition) is 4. The van der Waals surface area contributed by atoms with Gasteiger partial charge in [-0.25, -0.2) is 0 Å². The SMILES string of the molecule is COCC(N)C(=O)NCc1ccc(-c2ccc3c(c2)CC(C)O3)cc1. The second-order valence-electron chi connectivity index (χ2n) is 6.43. The van der Waals surface area contributed by atoms with Gasteiger partial charge < -0.3 is 20.5 Å². The molecule has 0 fully saturated rings. The molecular formula is C20H24N2O3. The van der Waals surface area contributed by atoms with Crippen molar-refractivity contribution in [1.82, 2.24) is 5.32 Å². The third kappa shape index (κ3) is 4.18. The zero-order chi connectivity index (χ0) is 17.8. The third-order valence-corrected chi connectivity index (χ3v) is 4.33. The van der Waals surface area contributed by atoms with Gasteiger partial charge in [0.15, 0.2) is 0 Å². The Morgan fingerprint density at radius 2 is 2.00 bits per heavy atom. The van der Waals surface area contributed by atoms with Gasteiger partial charge in [0.25, 0.3) is 0 Å². The smallest absolute Gasteiger partial charge is 0.239 e. The number of carbonyl (C=O) groups excluding carboxylic acids is 1. The largest absolute Gasteiger partial charge is 0.490 e. The summed E-state index contributed by atoms with van der Waals surface area (Å²) in [5, 5.41) is 2.82. The molecule has 0 bridgehead atoms. The zero-order valence-corrected chi connectivity index (χ0v) is 14.6. The number of ether oxygens (including phenoxy) is 2. The summed E-state index contributed by atoms with van der Waals surface area (Å²) in [5.41, 5.74) is 10.3. The molecule has 2 aromatic rings. The van der Waals surface area contributed by atoms with Crippen LogP contribution in [0.5, 0.6) is 5.75 Å². The fourth-order valence-corrected chi connectivity index (χ4v) is 2.99. The van der Waals surface area contributed by atoms with Crippen LogP contribution in [0, 0.1) is 0 Å². The van der Waals surface area contributed by atoms with Gasteiger partial charge in [-0.2, -0.15) is 0 Å². The normalized spacial score (nSPS) is 16.8. The molecule has 3 rings (SSSR count). The predicted molar refractivity (Wildman–Crippen MR) is 97.4 cm³/mol. The summed E-state index contributed by atoms with van der Waals surface area (Å²) >= 11 is 0. The molecule has 1 amide bonds. The van der Waals surface area contributed by atoms with Gasteiger partial charge in [0.05, 0.1) is 6.61 Å². The van der Waals surface area contributed by atoms with Crippen molar-refractivity contribution in [2.75, 3.05) is 13.7 Å². The lowest BCUT2D eigenvalue weighted by Gasteiger charge is -2.11. The van der Waals surface area contributed by atoms with E-state index in [4.69, 9.17) is 15.2 Å². The summed E-state index contributed by atoms with van der Waals surface area (Å²) in [4.78, 5) is 11.8. The van der Waals surface area contributed by atoms with Crippen LogP contribution in [-0.2, 0) is 22.5 Å². The highest BCUT2D eigenvalue weighted by molar-refractivity contribution is 5.81. The van der Waals surface area contributed by atoms with Crippen molar-refractivity contribution in [3.63, 3.8) is 0 Å². The van der Waals surface area contributed by atoms with Crippen LogP contribution in [0.4, 0.5) is 0 Å². The molecule has 0 saturated carbocycles. The van der Waals surface area contributed by atoms with Gasteiger partial charge in [0.2, 0.25) is 5.91 Å². The van der Waals surface area contributed by atoms with Gasteiger partial charge in [-0.15, -0.1) is 0 Å². The van der Waals surface area contributed by atoms with Crippen molar-refractivity contribution in [2.45, 2.75) is 32.0 Å². The molecular weight excluding hydrogens is 316 g/mol. The summed E-state index contributed by atoms with van der Waals surface area (Å²) in [6.45, 7) is 2.75. The number of rotatable bonds is 6. The predicted octanol–water partition coefficient (Wildman–Crippen LogP) is 2.27. The van der Waals surface area contributed by atoms with E-state index in [1.807, 2.05) is 18.2 Å². The van der Waals surface area contributed by atoms with Crippen molar-refractivity contribution >= 4 is 5.91 Å². The average molecular weight is 340 g/mol. The van der Waals surface area contributed by atoms with Gasteiger partial charge in [0.1, 0.15) is 17.9 Å². The van der Waals surface area contributed by atoms with Gasteiger partial charge in [-0.3, -0.25) is 4.79 Å². The molecule has 0 saturated heterocycles. The number of nitrogens with two attached hydrogens (primary N) is 1. The first-order valence-electron chi connectivity index (χ1n) is 8.48. The maximum atomic E-state index is 11.8. The Morgan fingerprint density at radius 1 is 1.28 bits per heavy atom. The number of nitrogens with one attached hydrogen (secondary N) is 1. The number of amides is 1. The Balaban J connectivity index is 1.63. The van der Waals surface area contributed by atoms with E-state index >= 15 is 0 Å². The second kappa shape index (κ2) is 7.68. The van der Waals surface area contributed by atoms with Crippen molar-refractivity contribution < 1.29 is 14.3 Å². The van der Waals surface area contributed by atoms with Crippen molar-refractivity contribution in [3.05, 3.63) is 53.6 Å². The molecule has 2 unspecified atom stereocenters. The number of hydrogen-bond donors (Lipinski definition) is 2. The lowest BCUT2D eigenvalue weighted by Crippen LogP contribution is -2.43. The van der Waals surface area contributed by atoms with Crippen LogP contribution in [0.15, 0.2) is 42.5 Å². The Kier molecular flexibility index (Phi) is 5.36. The standard InChI is InChI=1S/C20H24N2O3/c1-13-9-17-10-16(7-8-19(17)25-13)15-5-3-14(4-6-15)11-22-20(23)18(21)12-24-2/h3-8,10,13,18H,9,11-12,21H2,1-2H3,(H,22,23). The molecule has 2 aromatic carbocycles. The topological polar surface area (TPSA) is 73.6 Å². The third-order valence-electron chi connectivity index (χ3n) is 4.33. The summed E-state index contributed by atoms with van der Waals surface area (Å²) in [6, 6.07) is 13.8. The molecule has 1 aliphatic heterocycles. The maximum Gasteiger partial charge on any atom is 0.239 e. The van der Waals surface area contributed by atoms with E-state index < -0.39 is 6.04 Å². The van der Waals surface area contributed by atoms with Gasteiger partial charge in [-0.1, -0.05) is 30.3 Å². The highest BCUT2D eigenvalue weighted by atomic mass is 16.5. The molecule has 5 nitrogen and oxygen atoms in total. The second-order valence-corrected chi connectivity index (χ2v) is 6.43. The lowest BCUT2D eigenvalue weighted by molar-refractivity contribution is -0.123. The van der Waals surface area contributed by atoms with Gasteiger partial charge in [-0.05, 0) is 41.3 Å². The molecule has 0 radical (unpaired) electrons. The monoisotopic (exact) mass is 340 g/mol. The summed E-state index contributed by atoms with van der Waals surface area (Å²) < 4.78 is 10.6. The first-order valence-corrected chi connectivity index (χ1v) is 8.48. The fourth-order valence-electron chi connectivity index (χ4n) is 2.99. The quantitative estimate of drug-likeness (QED) is 0.846. The fraction of sp³-hybridized carbons (Fsp3) is 0.350. The molecule has 5 heteroatoms. The molecule has 1 aliphatic rings. The molecule has 25 heavy (non-hydrogen) atoms. The van der Waals surface area contributed by atoms with E-state index in [2.05, 4.69) is 36.5 Å². The van der Waals surface area contributed by atoms with E-state index in [1.54, 1.807) is 0 Å². The van der Waals surface area contributed by atoms with E-state index in [0.29, 0.717) is 6.54 Å². The Bertz CT molecular complexity index is 743. The van der Waals surface area contributed by atoms with E-state index in [9.17, 15) is 4.79 Å². The van der Waals surface area contributed by atoms with E-state index in [1.165, 1.54) is 18.2 Å². The van der Waals surface area contributed by atoms with Crippen molar-refractivity contribution in [1.29, 1.82) is 0 Å². The van der Waals surface area contributed by atoms with Crippen LogP contribution in [0.1, 0.15) is 18.1 Å². The van der Waals surface area contributed by atoms with Crippen LogP contribution in [0.25, 0.3) is 11.1 Å². The molecule has 1 heterocycles. The van der Waals surface area contributed by atoms with Crippen LogP contribution in [0.3, 0.4) is 0 Å². The minimum atomic E-state index is -0.639. The Hall–Kier alpha value is -2.37. The minimum absolute atomic E-state index is 0.210. The van der Waals surface area contributed by atoms with Crippen molar-refractivity contribution in [2.24, 2.45) is 5.73 Å². The summed E-state index contributed by atoms with van der Waals surface area (Å²) in [7, 11) is 1.53.